The topological polar surface area (TPSA) is 39.2 Å². The summed E-state index contributed by atoms with van der Waals surface area (Å²) in [6.07, 6.45) is 0.691. The van der Waals surface area contributed by atoms with Crippen LogP contribution in [0.25, 0.3) is 0 Å². The number of halogens is 1. The summed E-state index contributed by atoms with van der Waals surface area (Å²) in [6, 6.07) is 7.70. The number of carbonyl (C=O) groups is 1. The minimum atomic E-state index is -0.294. The number of rotatable bonds is 4. The first-order valence-electron chi connectivity index (χ1n) is 5.45. The number of thiazole rings is 1. The number of ether oxygens (including phenoxy) is 1. The highest BCUT2D eigenvalue weighted by Crippen LogP contribution is 2.20. The Balaban J connectivity index is 2.02. The molecule has 0 aliphatic carbocycles. The molecule has 0 saturated heterocycles. The molecule has 0 fully saturated rings. The number of nitrogens with zero attached hydrogens (tertiary/aromatic N) is 1. The molecule has 2 aromatic rings. The lowest BCUT2D eigenvalue weighted by Crippen LogP contribution is -1.98. The summed E-state index contributed by atoms with van der Waals surface area (Å²) in [5, 5.41) is 3.50. The summed E-state index contributed by atoms with van der Waals surface area (Å²) in [5.41, 5.74) is 1.98. The SMILES string of the molecule is CC(=O)OCc1nc(Cc2ccccc2Cl)cs1. The summed E-state index contributed by atoms with van der Waals surface area (Å²) in [6.45, 7) is 1.63. The van der Waals surface area contributed by atoms with Crippen LogP contribution in [0.3, 0.4) is 0 Å². The molecule has 0 saturated carbocycles. The van der Waals surface area contributed by atoms with Crippen molar-refractivity contribution in [1.82, 2.24) is 4.98 Å². The minimum absolute atomic E-state index is 0.239. The highest BCUT2D eigenvalue weighted by atomic mass is 35.5. The largest absolute Gasteiger partial charge is 0.458 e. The highest BCUT2D eigenvalue weighted by molar-refractivity contribution is 7.09. The van der Waals surface area contributed by atoms with Crippen molar-refractivity contribution in [3.63, 3.8) is 0 Å². The minimum Gasteiger partial charge on any atom is -0.458 e. The van der Waals surface area contributed by atoms with Gasteiger partial charge in [-0.05, 0) is 11.6 Å². The van der Waals surface area contributed by atoms with Crippen LogP contribution in [0.2, 0.25) is 5.02 Å². The Morgan fingerprint density at radius 3 is 2.94 bits per heavy atom. The molecule has 94 valence electrons. The van der Waals surface area contributed by atoms with E-state index in [1.807, 2.05) is 29.6 Å². The lowest BCUT2D eigenvalue weighted by atomic mass is 10.1. The smallest absolute Gasteiger partial charge is 0.303 e. The normalized spacial score (nSPS) is 10.3. The van der Waals surface area contributed by atoms with Crippen LogP contribution in [0, 0.1) is 0 Å². The van der Waals surface area contributed by atoms with Crippen molar-refractivity contribution in [3.05, 3.63) is 50.9 Å². The second kappa shape index (κ2) is 5.98. The zero-order valence-electron chi connectivity index (χ0n) is 9.85. The van der Waals surface area contributed by atoms with Crippen LogP contribution in [0.5, 0.6) is 0 Å². The Kier molecular flexibility index (Phi) is 4.33. The molecule has 0 atom stereocenters. The first-order chi connectivity index (χ1) is 8.65. The standard InChI is InChI=1S/C13H12ClNO2S/c1-9(16)17-7-13-15-11(8-18-13)6-10-4-2-3-5-12(10)14/h2-5,8H,6-7H2,1H3. The molecule has 0 radical (unpaired) electrons. The van der Waals surface area contributed by atoms with E-state index in [0.717, 1.165) is 21.3 Å². The van der Waals surface area contributed by atoms with Crippen LogP contribution in [0.4, 0.5) is 0 Å². The van der Waals surface area contributed by atoms with Crippen molar-refractivity contribution < 1.29 is 9.53 Å². The molecule has 2 rings (SSSR count). The maximum absolute atomic E-state index is 10.7. The van der Waals surface area contributed by atoms with Crippen LogP contribution in [0.15, 0.2) is 29.6 Å². The molecule has 1 aromatic heterocycles. The van der Waals surface area contributed by atoms with Gasteiger partial charge in [-0.25, -0.2) is 4.98 Å². The summed E-state index contributed by atoms with van der Waals surface area (Å²) >= 11 is 7.58. The molecule has 3 nitrogen and oxygen atoms in total. The number of carbonyl (C=O) groups excluding carboxylic acids is 1. The second-order valence-corrected chi connectivity index (χ2v) is 5.13. The Morgan fingerprint density at radius 1 is 1.44 bits per heavy atom. The van der Waals surface area contributed by atoms with Gasteiger partial charge in [0.15, 0.2) is 0 Å². The number of esters is 1. The van der Waals surface area contributed by atoms with Crippen LogP contribution >= 0.6 is 22.9 Å². The van der Waals surface area contributed by atoms with E-state index < -0.39 is 0 Å². The van der Waals surface area contributed by atoms with Gasteiger partial charge < -0.3 is 4.74 Å². The molecule has 0 spiro atoms. The van der Waals surface area contributed by atoms with E-state index in [9.17, 15) is 4.79 Å². The first-order valence-corrected chi connectivity index (χ1v) is 6.71. The van der Waals surface area contributed by atoms with Crippen molar-refractivity contribution in [1.29, 1.82) is 0 Å². The van der Waals surface area contributed by atoms with E-state index in [-0.39, 0.29) is 12.6 Å². The van der Waals surface area contributed by atoms with Crippen LogP contribution in [-0.4, -0.2) is 11.0 Å². The first kappa shape index (κ1) is 13.1. The van der Waals surface area contributed by atoms with Crippen molar-refractivity contribution in [2.75, 3.05) is 0 Å². The summed E-state index contributed by atoms with van der Waals surface area (Å²) < 4.78 is 4.90. The third-order valence-electron chi connectivity index (χ3n) is 2.33. The molecule has 0 aliphatic rings. The molecular weight excluding hydrogens is 270 g/mol. The predicted molar refractivity (Wildman–Crippen MR) is 71.8 cm³/mol. The average Bonchev–Trinajstić information content (AvgIpc) is 2.77. The van der Waals surface area contributed by atoms with Gasteiger partial charge in [0.2, 0.25) is 0 Å². The lowest BCUT2D eigenvalue weighted by molar-refractivity contribution is -0.142. The van der Waals surface area contributed by atoms with Gasteiger partial charge in [-0.1, -0.05) is 29.8 Å². The third kappa shape index (κ3) is 3.55. The molecule has 1 aromatic carbocycles. The van der Waals surface area contributed by atoms with E-state index in [1.54, 1.807) is 0 Å². The summed E-state index contributed by atoms with van der Waals surface area (Å²) in [4.78, 5) is 15.1. The van der Waals surface area contributed by atoms with Crippen LogP contribution < -0.4 is 0 Å². The van der Waals surface area contributed by atoms with Crippen LogP contribution in [0.1, 0.15) is 23.2 Å². The highest BCUT2D eigenvalue weighted by Gasteiger charge is 2.06. The average molecular weight is 282 g/mol. The van der Waals surface area contributed by atoms with Gasteiger partial charge in [0.05, 0.1) is 5.69 Å². The molecule has 0 bridgehead atoms. The lowest BCUT2D eigenvalue weighted by Gasteiger charge is -2.01. The van der Waals surface area contributed by atoms with E-state index in [4.69, 9.17) is 16.3 Å². The molecule has 0 N–H and O–H groups in total. The number of hydrogen-bond acceptors (Lipinski definition) is 4. The Hall–Kier alpha value is -1.39. The fraction of sp³-hybridized carbons (Fsp3) is 0.231. The third-order valence-corrected chi connectivity index (χ3v) is 3.57. The summed E-state index contributed by atoms with van der Waals surface area (Å²) in [5.74, 6) is -0.294. The maximum atomic E-state index is 10.7. The fourth-order valence-electron chi connectivity index (χ4n) is 1.50. The van der Waals surface area contributed by atoms with E-state index in [0.29, 0.717) is 6.42 Å². The number of hydrogen-bond donors (Lipinski definition) is 0. The van der Waals surface area contributed by atoms with Crippen molar-refractivity contribution in [3.8, 4) is 0 Å². The van der Waals surface area contributed by atoms with Crippen molar-refractivity contribution >= 4 is 28.9 Å². The Labute approximate surface area is 114 Å². The van der Waals surface area contributed by atoms with Gasteiger partial charge in [0, 0.05) is 23.7 Å². The molecule has 0 amide bonds. The predicted octanol–water partition coefficient (Wildman–Crippen LogP) is 3.45. The monoisotopic (exact) mass is 281 g/mol. The van der Waals surface area contributed by atoms with E-state index in [2.05, 4.69) is 4.98 Å². The molecule has 0 aliphatic heterocycles. The molecule has 1 heterocycles. The Morgan fingerprint density at radius 2 is 2.22 bits per heavy atom. The van der Waals surface area contributed by atoms with Gasteiger partial charge in [-0.2, -0.15) is 0 Å². The van der Waals surface area contributed by atoms with Gasteiger partial charge in [-0.3, -0.25) is 4.79 Å². The number of benzene rings is 1. The zero-order chi connectivity index (χ0) is 13.0. The van der Waals surface area contributed by atoms with E-state index in [1.165, 1.54) is 18.3 Å². The van der Waals surface area contributed by atoms with Crippen molar-refractivity contribution in [2.45, 2.75) is 20.0 Å². The summed E-state index contributed by atoms with van der Waals surface area (Å²) in [7, 11) is 0. The van der Waals surface area contributed by atoms with Crippen LogP contribution in [-0.2, 0) is 22.6 Å². The molecule has 18 heavy (non-hydrogen) atoms. The van der Waals surface area contributed by atoms with Gasteiger partial charge in [0.1, 0.15) is 11.6 Å². The molecule has 0 unspecified atom stereocenters. The van der Waals surface area contributed by atoms with E-state index >= 15 is 0 Å². The van der Waals surface area contributed by atoms with Gasteiger partial charge in [0.25, 0.3) is 0 Å². The van der Waals surface area contributed by atoms with Gasteiger partial charge >= 0.3 is 5.97 Å². The zero-order valence-corrected chi connectivity index (χ0v) is 11.4. The van der Waals surface area contributed by atoms with Crippen molar-refractivity contribution in [2.24, 2.45) is 0 Å². The van der Waals surface area contributed by atoms with Gasteiger partial charge in [-0.15, -0.1) is 11.3 Å². The Bertz CT molecular complexity index is 553. The quantitative estimate of drug-likeness (QED) is 0.806. The molecule has 5 heteroatoms. The fourth-order valence-corrected chi connectivity index (χ4v) is 2.40. The number of aromatic nitrogens is 1. The molecular formula is C13H12ClNO2S. The maximum Gasteiger partial charge on any atom is 0.303 e. The second-order valence-electron chi connectivity index (χ2n) is 3.78.